The average molecular weight is 230 g/mol. The minimum Gasteiger partial charge on any atom is -0.355 e. The van der Waals surface area contributed by atoms with Crippen LogP contribution >= 0.6 is 0 Å². The van der Waals surface area contributed by atoms with Gasteiger partial charge in [0.05, 0.1) is 6.54 Å². The Balaban J connectivity index is 2.02. The number of nitrogens with zero attached hydrogens (tertiary/aromatic N) is 3. The zero-order chi connectivity index (χ0) is 12.1. The Morgan fingerprint density at radius 2 is 2.18 bits per heavy atom. The summed E-state index contributed by atoms with van der Waals surface area (Å²) in [5, 5.41) is 10.5. The number of nitrogens with one attached hydrogen (secondary N) is 1. The van der Waals surface area contributed by atoms with Gasteiger partial charge in [0, 0.05) is 13.1 Å². The molecule has 0 atom stereocenters. The standard InChI is InChI=1S/C12H14N4O/c1-2-7-13-12(17)10-5-6-11(15-14-10)16-8-3-4-9-16/h1,5-6H,3-4,7-9H2,(H,13,17). The minimum absolute atomic E-state index is 0.203. The van der Waals surface area contributed by atoms with Crippen LogP contribution in [-0.4, -0.2) is 35.7 Å². The molecule has 1 N–H and O–H groups in total. The molecule has 0 bridgehead atoms. The van der Waals surface area contributed by atoms with Gasteiger partial charge in [-0.3, -0.25) is 4.79 Å². The smallest absolute Gasteiger partial charge is 0.272 e. The van der Waals surface area contributed by atoms with Crippen LogP contribution in [0.1, 0.15) is 23.3 Å². The van der Waals surface area contributed by atoms with Gasteiger partial charge in [-0.15, -0.1) is 16.6 Å². The highest BCUT2D eigenvalue weighted by Gasteiger charge is 2.14. The number of rotatable bonds is 3. The van der Waals surface area contributed by atoms with E-state index >= 15 is 0 Å². The second kappa shape index (κ2) is 5.30. The zero-order valence-electron chi connectivity index (χ0n) is 9.52. The molecule has 17 heavy (non-hydrogen) atoms. The van der Waals surface area contributed by atoms with Crippen molar-refractivity contribution in [3.05, 3.63) is 17.8 Å². The third-order valence-electron chi connectivity index (χ3n) is 2.66. The number of aromatic nitrogens is 2. The van der Waals surface area contributed by atoms with Crippen LogP contribution in [0.5, 0.6) is 0 Å². The summed E-state index contributed by atoms with van der Waals surface area (Å²) in [5.41, 5.74) is 0.295. The van der Waals surface area contributed by atoms with E-state index in [1.54, 1.807) is 6.07 Å². The molecule has 1 aromatic heterocycles. The summed E-state index contributed by atoms with van der Waals surface area (Å²) in [4.78, 5) is 13.7. The first-order chi connectivity index (χ1) is 8.31. The second-order valence-corrected chi connectivity index (χ2v) is 3.86. The molecule has 2 heterocycles. The van der Waals surface area contributed by atoms with Gasteiger partial charge in [0.2, 0.25) is 0 Å². The van der Waals surface area contributed by atoms with Crippen molar-refractivity contribution in [2.75, 3.05) is 24.5 Å². The van der Waals surface area contributed by atoms with Gasteiger partial charge in [0.25, 0.3) is 5.91 Å². The second-order valence-electron chi connectivity index (χ2n) is 3.86. The van der Waals surface area contributed by atoms with Crippen molar-refractivity contribution in [1.29, 1.82) is 0 Å². The molecule has 1 amide bonds. The van der Waals surface area contributed by atoms with Gasteiger partial charge >= 0.3 is 0 Å². The van der Waals surface area contributed by atoms with Crippen LogP contribution in [0.2, 0.25) is 0 Å². The Morgan fingerprint density at radius 3 is 2.76 bits per heavy atom. The molecule has 0 radical (unpaired) electrons. The van der Waals surface area contributed by atoms with Gasteiger partial charge in [0.15, 0.2) is 11.5 Å². The van der Waals surface area contributed by atoms with Crippen LogP contribution in [0.15, 0.2) is 12.1 Å². The van der Waals surface area contributed by atoms with E-state index in [1.807, 2.05) is 6.07 Å². The molecule has 0 saturated carbocycles. The monoisotopic (exact) mass is 230 g/mol. The predicted octanol–water partition coefficient (Wildman–Crippen LogP) is 0.440. The SMILES string of the molecule is C#CCNC(=O)c1ccc(N2CCCC2)nn1. The van der Waals surface area contributed by atoms with E-state index in [0.29, 0.717) is 5.69 Å². The van der Waals surface area contributed by atoms with E-state index in [-0.39, 0.29) is 12.5 Å². The Bertz CT molecular complexity index is 429. The van der Waals surface area contributed by atoms with Gasteiger partial charge in [-0.25, -0.2) is 0 Å². The third kappa shape index (κ3) is 2.72. The predicted molar refractivity (Wildman–Crippen MR) is 64.6 cm³/mol. The highest BCUT2D eigenvalue weighted by molar-refractivity contribution is 5.92. The van der Waals surface area contributed by atoms with Crippen molar-refractivity contribution in [1.82, 2.24) is 15.5 Å². The molecule has 5 nitrogen and oxygen atoms in total. The number of hydrogen-bond acceptors (Lipinski definition) is 4. The Hall–Kier alpha value is -2.09. The number of anilines is 1. The van der Waals surface area contributed by atoms with E-state index in [0.717, 1.165) is 18.9 Å². The molecule has 1 aliphatic heterocycles. The molecular formula is C12H14N4O. The highest BCUT2D eigenvalue weighted by Crippen LogP contribution is 2.16. The van der Waals surface area contributed by atoms with Crippen molar-refractivity contribution >= 4 is 11.7 Å². The van der Waals surface area contributed by atoms with Gasteiger partial charge in [0.1, 0.15) is 0 Å². The molecule has 1 aliphatic rings. The zero-order valence-corrected chi connectivity index (χ0v) is 9.52. The summed E-state index contributed by atoms with van der Waals surface area (Å²) in [5.74, 6) is 2.88. The molecule has 5 heteroatoms. The maximum atomic E-state index is 11.5. The molecule has 2 rings (SSSR count). The molecule has 0 aliphatic carbocycles. The van der Waals surface area contributed by atoms with Crippen molar-refractivity contribution in [2.45, 2.75) is 12.8 Å². The number of amides is 1. The molecule has 0 unspecified atom stereocenters. The summed E-state index contributed by atoms with van der Waals surface area (Å²) < 4.78 is 0. The first kappa shape index (κ1) is 11.4. The number of carbonyl (C=O) groups is 1. The van der Waals surface area contributed by atoms with Crippen LogP contribution < -0.4 is 10.2 Å². The van der Waals surface area contributed by atoms with Crippen LogP contribution in [0.4, 0.5) is 5.82 Å². The molecular weight excluding hydrogens is 216 g/mol. The average Bonchev–Trinajstić information content (AvgIpc) is 2.90. The van der Waals surface area contributed by atoms with Gasteiger partial charge in [-0.2, -0.15) is 0 Å². The third-order valence-corrected chi connectivity index (χ3v) is 2.66. The fraction of sp³-hybridized carbons (Fsp3) is 0.417. The normalized spacial score (nSPS) is 14.4. The quantitative estimate of drug-likeness (QED) is 0.765. The molecule has 1 saturated heterocycles. The number of hydrogen-bond donors (Lipinski definition) is 1. The molecule has 0 aromatic carbocycles. The summed E-state index contributed by atoms with van der Waals surface area (Å²) in [7, 11) is 0. The fourth-order valence-corrected chi connectivity index (χ4v) is 1.78. The maximum absolute atomic E-state index is 11.5. The summed E-state index contributed by atoms with van der Waals surface area (Å²) in [6.07, 6.45) is 7.43. The van der Waals surface area contributed by atoms with Gasteiger partial charge in [-0.05, 0) is 25.0 Å². The van der Waals surface area contributed by atoms with Gasteiger partial charge < -0.3 is 10.2 Å². The Kier molecular flexibility index (Phi) is 3.55. The summed E-state index contributed by atoms with van der Waals surface area (Å²) >= 11 is 0. The molecule has 0 spiro atoms. The lowest BCUT2D eigenvalue weighted by Gasteiger charge is -2.14. The highest BCUT2D eigenvalue weighted by atomic mass is 16.1. The Labute approximate surface area is 100 Å². The lowest BCUT2D eigenvalue weighted by atomic mass is 10.3. The van der Waals surface area contributed by atoms with Crippen LogP contribution in [0.3, 0.4) is 0 Å². The molecule has 1 aromatic rings. The van der Waals surface area contributed by atoms with E-state index in [1.165, 1.54) is 12.8 Å². The van der Waals surface area contributed by atoms with E-state index in [9.17, 15) is 4.79 Å². The van der Waals surface area contributed by atoms with E-state index in [2.05, 4.69) is 26.3 Å². The topological polar surface area (TPSA) is 58.1 Å². The lowest BCUT2D eigenvalue weighted by Crippen LogP contribution is -2.25. The van der Waals surface area contributed by atoms with Crippen molar-refractivity contribution < 1.29 is 4.79 Å². The van der Waals surface area contributed by atoms with E-state index < -0.39 is 0 Å². The van der Waals surface area contributed by atoms with Crippen molar-refractivity contribution in [2.24, 2.45) is 0 Å². The van der Waals surface area contributed by atoms with Crippen molar-refractivity contribution in [3.8, 4) is 12.3 Å². The van der Waals surface area contributed by atoms with E-state index in [4.69, 9.17) is 6.42 Å². The summed E-state index contributed by atoms with van der Waals surface area (Å²) in [6.45, 7) is 2.23. The minimum atomic E-state index is -0.288. The molecule has 88 valence electrons. The van der Waals surface area contributed by atoms with Crippen LogP contribution in [0, 0.1) is 12.3 Å². The number of terminal acetylenes is 1. The fourth-order valence-electron chi connectivity index (χ4n) is 1.78. The van der Waals surface area contributed by atoms with Crippen molar-refractivity contribution in [3.63, 3.8) is 0 Å². The lowest BCUT2D eigenvalue weighted by molar-refractivity contribution is 0.0953. The maximum Gasteiger partial charge on any atom is 0.272 e. The molecule has 1 fully saturated rings. The van der Waals surface area contributed by atoms with Crippen LogP contribution in [-0.2, 0) is 0 Å². The first-order valence-corrected chi connectivity index (χ1v) is 5.61. The first-order valence-electron chi connectivity index (χ1n) is 5.61. The van der Waals surface area contributed by atoms with Gasteiger partial charge in [-0.1, -0.05) is 5.92 Å². The number of carbonyl (C=O) groups excluding carboxylic acids is 1. The Morgan fingerprint density at radius 1 is 1.41 bits per heavy atom. The largest absolute Gasteiger partial charge is 0.355 e. The summed E-state index contributed by atoms with van der Waals surface area (Å²) in [6, 6.07) is 3.50. The van der Waals surface area contributed by atoms with Crippen LogP contribution in [0.25, 0.3) is 0 Å².